The Balaban J connectivity index is 2.92. The van der Waals surface area contributed by atoms with Gasteiger partial charge in [-0.3, -0.25) is 0 Å². The maximum Gasteiger partial charge on any atom is 0.136 e. The van der Waals surface area contributed by atoms with Crippen molar-refractivity contribution in [2.45, 2.75) is 34.1 Å². The van der Waals surface area contributed by atoms with E-state index in [-0.39, 0.29) is 0 Å². The number of nitrogens with one attached hydrogen (secondary N) is 1. The zero-order chi connectivity index (χ0) is 13.0. The minimum Gasteiger partial charge on any atom is -0.389 e. The van der Waals surface area contributed by atoms with Gasteiger partial charge in [-0.15, -0.1) is 0 Å². The Bertz CT molecular complexity index is 413. The molecule has 0 atom stereocenters. The molecule has 0 spiro atoms. The number of hydrogen-bond acceptors (Lipinski definition) is 3. The molecule has 3 nitrogen and oxygen atoms in total. The molecule has 0 amide bonds. The standard InChI is InChI=1S/C13H21N3S/c1-8(2)5-6-15-13-11(12(14)17)9(3)7-10(4)16-13/h7-8H,5-6H2,1-4H3,(H2,14,17)(H,15,16). The first-order valence-corrected chi connectivity index (χ1v) is 6.34. The lowest BCUT2D eigenvalue weighted by molar-refractivity contribution is 0.606. The highest BCUT2D eigenvalue weighted by Crippen LogP contribution is 2.18. The first-order chi connectivity index (χ1) is 7.91. The number of anilines is 1. The number of aryl methyl sites for hydroxylation is 2. The molecule has 4 heteroatoms. The van der Waals surface area contributed by atoms with Crippen LogP contribution in [0.3, 0.4) is 0 Å². The van der Waals surface area contributed by atoms with Crippen LogP contribution in [0, 0.1) is 19.8 Å². The molecule has 1 heterocycles. The Labute approximate surface area is 109 Å². The van der Waals surface area contributed by atoms with Crippen molar-refractivity contribution in [2.24, 2.45) is 11.7 Å². The van der Waals surface area contributed by atoms with Crippen molar-refractivity contribution in [3.8, 4) is 0 Å². The third kappa shape index (κ3) is 3.97. The summed E-state index contributed by atoms with van der Waals surface area (Å²) in [6, 6.07) is 2.00. The number of nitrogens with two attached hydrogens (primary N) is 1. The first-order valence-electron chi connectivity index (χ1n) is 5.93. The summed E-state index contributed by atoms with van der Waals surface area (Å²) in [5.74, 6) is 1.48. The molecule has 0 unspecified atom stereocenters. The molecule has 94 valence electrons. The maximum atomic E-state index is 5.75. The second kappa shape index (κ2) is 5.96. The normalized spacial score (nSPS) is 10.6. The topological polar surface area (TPSA) is 50.9 Å². The monoisotopic (exact) mass is 251 g/mol. The van der Waals surface area contributed by atoms with Crippen molar-refractivity contribution >= 4 is 23.0 Å². The highest BCUT2D eigenvalue weighted by Gasteiger charge is 2.11. The van der Waals surface area contributed by atoms with Crippen molar-refractivity contribution in [3.05, 3.63) is 22.9 Å². The van der Waals surface area contributed by atoms with Gasteiger partial charge in [0.25, 0.3) is 0 Å². The Morgan fingerprint density at radius 3 is 2.65 bits per heavy atom. The van der Waals surface area contributed by atoms with E-state index in [1.165, 1.54) is 0 Å². The first kappa shape index (κ1) is 13.9. The minimum atomic E-state index is 0.405. The third-order valence-corrected chi connectivity index (χ3v) is 2.81. The molecule has 0 saturated heterocycles. The summed E-state index contributed by atoms with van der Waals surface area (Å²) in [6.45, 7) is 9.28. The summed E-state index contributed by atoms with van der Waals surface area (Å²) in [7, 11) is 0. The fourth-order valence-corrected chi connectivity index (χ4v) is 2.01. The van der Waals surface area contributed by atoms with Crippen LogP contribution in [0.5, 0.6) is 0 Å². The third-order valence-electron chi connectivity index (χ3n) is 2.61. The minimum absolute atomic E-state index is 0.405. The van der Waals surface area contributed by atoms with Gasteiger partial charge in [0.1, 0.15) is 10.8 Å². The molecule has 1 aromatic rings. The van der Waals surface area contributed by atoms with Crippen molar-refractivity contribution in [1.82, 2.24) is 4.98 Å². The van der Waals surface area contributed by atoms with E-state index in [2.05, 4.69) is 24.1 Å². The highest BCUT2D eigenvalue weighted by molar-refractivity contribution is 7.80. The smallest absolute Gasteiger partial charge is 0.136 e. The van der Waals surface area contributed by atoms with Gasteiger partial charge < -0.3 is 11.1 Å². The Morgan fingerprint density at radius 2 is 2.12 bits per heavy atom. The largest absolute Gasteiger partial charge is 0.389 e. The van der Waals surface area contributed by atoms with Crippen molar-refractivity contribution in [1.29, 1.82) is 0 Å². The van der Waals surface area contributed by atoms with Gasteiger partial charge in [0.05, 0.1) is 5.56 Å². The van der Waals surface area contributed by atoms with Crippen LogP contribution in [0.2, 0.25) is 0 Å². The van der Waals surface area contributed by atoms with Gasteiger partial charge in [0.15, 0.2) is 0 Å². The number of aromatic nitrogens is 1. The molecule has 0 aliphatic heterocycles. The van der Waals surface area contributed by atoms with Gasteiger partial charge in [-0.2, -0.15) is 0 Å². The lowest BCUT2D eigenvalue weighted by atomic mass is 10.1. The van der Waals surface area contributed by atoms with Gasteiger partial charge in [-0.25, -0.2) is 4.98 Å². The van der Waals surface area contributed by atoms with Crippen LogP contribution >= 0.6 is 12.2 Å². The summed E-state index contributed by atoms with van der Waals surface area (Å²) in [6.07, 6.45) is 1.10. The van der Waals surface area contributed by atoms with Gasteiger partial charge >= 0.3 is 0 Å². The van der Waals surface area contributed by atoms with Crippen LogP contribution in [0.4, 0.5) is 5.82 Å². The zero-order valence-corrected chi connectivity index (χ0v) is 11.8. The summed E-state index contributed by atoms with van der Waals surface area (Å²) < 4.78 is 0. The van der Waals surface area contributed by atoms with Crippen LogP contribution in [0.15, 0.2) is 6.07 Å². The Morgan fingerprint density at radius 1 is 1.47 bits per heavy atom. The fraction of sp³-hybridized carbons (Fsp3) is 0.538. The van der Waals surface area contributed by atoms with E-state index in [0.717, 1.165) is 35.6 Å². The SMILES string of the molecule is Cc1cc(C)c(C(N)=S)c(NCCC(C)C)n1. The molecule has 1 rings (SSSR count). The van der Waals surface area contributed by atoms with Crippen molar-refractivity contribution in [2.75, 3.05) is 11.9 Å². The zero-order valence-electron chi connectivity index (χ0n) is 11.0. The quantitative estimate of drug-likeness (QED) is 0.790. The van der Waals surface area contributed by atoms with Crippen LogP contribution in [0.25, 0.3) is 0 Å². The summed E-state index contributed by atoms with van der Waals surface area (Å²) >= 11 is 5.08. The van der Waals surface area contributed by atoms with E-state index >= 15 is 0 Å². The summed E-state index contributed by atoms with van der Waals surface area (Å²) in [5.41, 5.74) is 8.68. The Hall–Kier alpha value is -1.16. The fourth-order valence-electron chi connectivity index (χ4n) is 1.75. The van der Waals surface area contributed by atoms with Crippen LogP contribution in [-0.4, -0.2) is 16.5 Å². The van der Waals surface area contributed by atoms with Gasteiger partial charge in [0.2, 0.25) is 0 Å². The predicted octanol–water partition coefficient (Wildman–Crippen LogP) is 2.79. The molecule has 1 aromatic heterocycles. The number of hydrogen-bond donors (Lipinski definition) is 2. The van der Waals surface area contributed by atoms with Gasteiger partial charge in [0, 0.05) is 12.2 Å². The average molecular weight is 251 g/mol. The Kier molecular flexibility index (Phi) is 4.87. The molecule has 0 fully saturated rings. The van der Waals surface area contributed by atoms with E-state index < -0.39 is 0 Å². The lowest BCUT2D eigenvalue weighted by Gasteiger charge is -2.14. The molecule has 3 N–H and O–H groups in total. The van der Waals surface area contributed by atoms with E-state index in [0.29, 0.717) is 10.9 Å². The van der Waals surface area contributed by atoms with Crippen LogP contribution in [-0.2, 0) is 0 Å². The summed E-state index contributed by atoms with van der Waals surface area (Å²) in [4.78, 5) is 4.88. The van der Waals surface area contributed by atoms with Crippen molar-refractivity contribution < 1.29 is 0 Å². The number of thiocarbonyl (C=S) groups is 1. The van der Waals surface area contributed by atoms with Gasteiger partial charge in [-0.05, 0) is 37.8 Å². The number of nitrogens with zero attached hydrogens (tertiary/aromatic N) is 1. The van der Waals surface area contributed by atoms with E-state index in [9.17, 15) is 0 Å². The molecular weight excluding hydrogens is 230 g/mol. The average Bonchev–Trinajstić information content (AvgIpc) is 2.14. The molecule has 0 radical (unpaired) electrons. The van der Waals surface area contributed by atoms with Crippen molar-refractivity contribution in [3.63, 3.8) is 0 Å². The molecule has 0 aromatic carbocycles. The van der Waals surface area contributed by atoms with Gasteiger partial charge in [-0.1, -0.05) is 26.1 Å². The lowest BCUT2D eigenvalue weighted by Crippen LogP contribution is -2.17. The number of pyridine rings is 1. The highest BCUT2D eigenvalue weighted by atomic mass is 32.1. The van der Waals surface area contributed by atoms with E-state index in [1.807, 2.05) is 19.9 Å². The molecule has 17 heavy (non-hydrogen) atoms. The van der Waals surface area contributed by atoms with E-state index in [1.54, 1.807) is 0 Å². The molecular formula is C13H21N3S. The van der Waals surface area contributed by atoms with Crippen LogP contribution in [0.1, 0.15) is 37.1 Å². The molecule has 0 bridgehead atoms. The molecule has 0 saturated carbocycles. The van der Waals surface area contributed by atoms with Crippen LogP contribution < -0.4 is 11.1 Å². The molecule has 0 aliphatic carbocycles. The predicted molar refractivity (Wildman–Crippen MR) is 77.5 cm³/mol. The maximum absolute atomic E-state index is 5.75. The second-order valence-corrected chi connectivity index (χ2v) is 5.22. The second-order valence-electron chi connectivity index (χ2n) is 4.78. The number of rotatable bonds is 5. The molecule has 0 aliphatic rings. The summed E-state index contributed by atoms with van der Waals surface area (Å²) in [5, 5.41) is 3.33. The van der Waals surface area contributed by atoms with E-state index in [4.69, 9.17) is 18.0 Å².